The smallest absolute Gasteiger partial charge is 0.252 e. The number of carbonyl (C=O) groups excluding carboxylic acids is 1. The zero-order chi connectivity index (χ0) is 13.8. The number of rotatable bonds is 4. The molecule has 0 saturated carbocycles. The molecule has 1 aromatic heterocycles. The minimum atomic E-state index is -0.427. The molecule has 0 saturated heterocycles. The zero-order valence-electron chi connectivity index (χ0n) is 10.2. The van der Waals surface area contributed by atoms with Gasteiger partial charge in [-0.05, 0) is 41.1 Å². The van der Waals surface area contributed by atoms with Gasteiger partial charge in [-0.1, -0.05) is 0 Å². The van der Waals surface area contributed by atoms with Gasteiger partial charge < -0.3 is 5.32 Å². The molecular weight excluding hydrogens is 331 g/mol. The number of halogens is 2. The van der Waals surface area contributed by atoms with Crippen molar-refractivity contribution in [2.75, 3.05) is 6.54 Å². The van der Waals surface area contributed by atoms with Gasteiger partial charge in [0.05, 0.1) is 10.6 Å². The average molecular weight is 343 g/mol. The minimum absolute atomic E-state index is 0.292. The first-order valence-electron chi connectivity index (χ1n) is 5.70. The van der Waals surface area contributed by atoms with Crippen LogP contribution in [0.1, 0.15) is 21.1 Å². The standard InChI is InChI=1S/C13H12BrFN2OS/c1-8-7-19-12(17-8)4-5-16-13(18)10-6-9(15)2-3-11(10)14/h2-3,6-7H,4-5H2,1H3,(H,16,18). The molecule has 2 rings (SSSR count). The number of aromatic nitrogens is 1. The fourth-order valence-corrected chi connectivity index (χ4v) is 2.77. The van der Waals surface area contributed by atoms with E-state index in [4.69, 9.17) is 0 Å². The Labute approximate surface area is 123 Å². The monoisotopic (exact) mass is 342 g/mol. The number of nitrogens with zero attached hydrogens (tertiary/aromatic N) is 1. The van der Waals surface area contributed by atoms with Crippen LogP contribution < -0.4 is 5.32 Å². The Bertz CT molecular complexity index is 600. The second-order valence-electron chi connectivity index (χ2n) is 4.01. The van der Waals surface area contributed by atoms with E-state index in [-0.39, 0.29) is 5.91 Å². The van der Waals surface area contributed by atoms with Crippen LogP contribution in [0.4, 0.5) is 4.39 Å². The molecule has 0 spiro atoms. The van der Waals surface area contributed by atoms with E-state index in [1.165, 1.54) is 18.2 Å². The van der Waals surface area contributed by atoms with Crippen LogP contribution in [0, 0.1) is 12.7 Å². The van der Waals surface area contributed by atoms with Gasteiger partial charge in [0.2, 0.25) is 0 Å². The van der Waals surface area contributed by atoms with Gasteiger partial charge in [-0.2, -0.15) is 0 Å². The van der Waals surface area contributed by atoms with Crippen LogP contribution in [0.5, 0.6) is 0 Å². The van der Waals surface area contributed by atoms with Gasteiger partial charge in [0, 0.05) is 28.5 Å². The van der Waals surface area contributed by atoms with E-state index in [0.29, 0.717) is 23.0 Å². The number of benzene rings is 1. The van der Waals surface area contributed by atoms with Crippen LogP contribution in [0.3, 0.4) is 0 Å². The highest BCUT2D eigenvalue weighted by atomic mass is 79.9. The van der Waals surface area contributed by atoms with Gasteiger partial charge >= 0.3 is 0 Å². The lowest BCUT2D eigenvalue weighted by atomic mass is 10.2. The molecule has 0 bridgehead atoms. The highest BCUT2D eigenvalue weighted by molar-refractivity contribution is 9.10. The van der Waals surface area contributed by atoms with Crippen molar-refractivity contribution in [3.8, 4) is 0 Å². The van der Waals surface area contributed by atoms with Crippen LogP contribution in [0.25, 0.3) is 0 Å². The van der Waals surface area contributed by atoms with Crippen molar-refractivity contribution in [2.45, 2.75) is 13.3 Å². The summed E-state index contributed by atoms with van der Waals surface area (Å²) in [5.74, 6) is -0.719. The van der Waals surface area contributed by atoms with E-state index in [2.05, 4.69) is 26.2 Å². The number of hydrogen-bond donors (Lipinski definition) is 1. The third-order valence-corrected chi connectivity index (χ3v) is 4.18. The second kappa shape index (κ2) is 6.25. The first-order chi connectivity index (χ1) is 9.06. The number of carbonyl (C=O) groups is 1. The van der Waals surface area contributed by atoms with Crippen LogP contribution in [-0.2, 0) is 6.42 Å². The zero-order valence-corrected chi connectivity index (χ0v) is 12.6. The summed E-state index contributed by atoms with van der Waals surface area (Å²) < 4.78 is 13.7. The molecule has 2 aromatic rings. The Kier molecular flexibility index (Phi) is 4.66. The first kappa shape index (κ1) is 14.1. The van der Waals surface area contributed by atoms with Crippen molar-refractivity contribution >= 4 is 33.2 Å². The summed E-state index contributed by atoms with van der Waals surface area (Å²) in [5.41, 5.74) is 1.29. The summed E-state index contributed by atoms with van der Waals surface area (Å²) in [6, 6.07) is 4.04. The molecule has 3 nitrogen and oxygen atoms in total. The quantitative estimate of drug-likeness (QED) is 0.925. The van der Waals surface area contributed by atoms with Crippen molar-refractivity contribution in [3.05, 3.63) is 50.1 Å². The van der Waals surface area contributed by atoms with Gasteiger partial charge in [-0.25, -0.2) is 9.37 Å². The van der Waals surface area contributed by atoms with Crippen LogP contribution in [0.2, 0.25) is 0 Å². The number of aryl methyl sites for hydroxylation is 1. The van der Waals surface area contributed by atoms with Crippen LogP contribution >= 0.6 is 27.3 Å². The van der Waals surface area contributed by atoms with Crippen molar-refractivity contribution in [1.82, 2.24) is 10.3 Å². The molecule has 1 N–H and O–H groups in total. The number of nitrogens with one attached hydrogen (secondary N) is 1. The number of hydrogen-bond acceptors (Lipinski definition) is 3. The summed E-state index contributed by atoms with van der Waals surface area (Å²) in [6.07, 6.45) is 0.678. The molecule has 1 amide bonds. The molecule has 1 aromatic carbocycles. The third-order valence-electron chi connectivity index (χ3n) is 2.46. The maximum atomic E-state index is 13.1. The second-order valence-corrected chi connectivity index (χ2v) is 5.81. The largest absolute Gasteiger partial charge is 0.352 e. The molecule has 0 fully saturated rings. The average Bonchev–Trinajstić information content (AvgIpc) is 2.78. The third kappa shape index (κ3) is 3.84. The fourth-order valence-electron chi connectivity index (χ4n) is 1.57. The Morgan fingerprint density at radius 1 is 1.53 bits per heavy atom. The number of amides is 1. The fraction of sp³-hybridized carbons (Fsp3) is 0.231. The lowest BCUT2D eigenvalue weighted by molar-refractivity contribution is 0.0953. The molecule has 1 heterocycles. The van der Waals surface area contributed by atoms with Gasteiger partial charge in [0.15, 0.2) is 0 Å². The predicted molar refractivity (Wildman–Crippen MR) is 77.0 cm³/mol. The van der Waals surface area contributed by atoms with Crippen molar-refractivity contribution < 1.29 is 9.18 Å². The highest BCUT2D eigenvalue weighted by Crippen LogP contribution is 2.17. The summed E-state index contributed by atoms with van der Waals surface area (Å²) in [6.45, 7) is 2.41. The minimum Gasteiger partial charge on any atom is -0.352 e. The lowest BCUT2D eigenvalue weighted by Gasteiger charge is -2.06. The van der Waals surface area contributed by atoms with Crippen molar-refractivity contribution in [2.24, 2.45) is 0 Å². The highest BCUT2D eigenvalue weighted by Gasteiger charge is 2.10. The Hall–Kier alpha value is -1.27. The molecule has 0 unspecified atom stereocenters. The summed E-state index contributed by atoms with van der Waals surface area (Å²) in [7, 11) is 0. The summed E-state index contributed by atoms with van der Waals surface area (Å²) in [4.78, 5) is 16.2. The Morgan fingerprint density at radius 3 is 3.00 bits per heavy atom. The molecule has 0 aliphatic rings. The number of thiazole rings is 1. The molecule has 6 heteroatoms. The molecular formula is C13H12BrFN2OS. The van der Waals surface area contributed by atoms with Crippen LogP contribution in [0.15, 0.2) is 28.1 Å². The van der Waals surface area contributed by atoms with Gasteiger partial charge in [-0.3, -0.25) is 4.79 Å². The topological polar surface area (TPSA) is 42.0 Å². The van der Waals surface area contributed by atoms with Gasteiger partial charge in [-0.15, -0.1) is 11.3 Å². The van der Waals surface area contributed by atoms with E-state index in [1.54, 1.807) is 11.3 Å². The van der Waals surface area contributed by atoms with Crippen molar-refractivity contribution in [1.29, 1.82) is 0 Å². The lowest BCUT2D eigenvalue weighted by Crippen LogP contribution is -2.26. The van der Waals surface area contributed by atoms with Gasteiger partial charge in [0.1, 0.15) is 5.82 Å². The van der Waals surface area contributed by atoms with Crippen molar-refractivity contribution in [3.63, 3.8) is 0 Å². The van der Waals surface area contributed by atoms with E-state index >= 15 is 0 Å². The maximum Gasteiger partial charge on any atom is 0.252 e. The van der Waals surface area contributed by atoms with Crippen LogP contribution in [-0.4, -0.2) is 17.4 Å². The predicted octanol–water partition coefficient (Wildman–Crippen LogP) is 3.33. The summed E-state index contributed by atoms with van der Waals surface area (Å²) in [5, 5.41) is 5.71. The first-order valence-corrected chi connectivity index (χ1v) is 7.38. The summed E-state index contributed by atoms with van der Waals surface area (Å²) >= 11 is 4.80. The Balaban J connectivity index is 1.92. The molecule has 19 heavy (non-hydrogen) atoms. The van der Waals surface area contributed by atoms with E-state index in [0.717, 1.165) is 10.7 Å². The van der Waals surface area contributed by atoms with Gasteiger partial charge in [0.25, 0.3) is 5.91 Å². The normalized spacial score (nSPS) is 10.5. The molecule has 0 aliphatic heterocycles. The molecule has 0 atom stereocenters. The molecule has 0 aliphatic carbocycles. The van der Waals surface area contributed by atoms with E-state index in [9.17, 15) is 9.18 Å². The van der Waals surface area contributed by atoms with E-state index in [1.807, 2.05) is 12.3 Å². The molecule has 0 radical (unpaired) electrons. The Morgan fingerprint density at radius 2 is 2.32 bits per heavy atom. The molecule has 100 valence electrons. The maximum absolute atomic E-state index is 13.1. The SMILES string of the molecule is Cc1csc(CCNC(=O)c2cc(F)ccc2Br)n1. The van der Waals surface area contributed by atoms with E-state index < -0.39 is 5.82 Å².